The lowest BCUT2D eigenvalue weighted by Crippen LogP contribution is -2.09. The van der Waals surface area contributed by atoms with Crippen LogP contribution in [0.25, 0.3) is 10.9 Å². The van der Waals surface area contributed by atoms with Crippen LogP contribution in [0.3, 0.4) is 0 Å². The summed E-state index contributed by atoms with van der Waals surface area (Å²) in [4.78, 5) is 17.2. The Hall–Kier alpha value is -1.26. The third-order valence-electron chi connectivity index (χ3n) is 2.51. The van der Waals surface area contributed by atoms with Crippen molar-refractivity contribution < 1.29 is 9.53 Å². The highest BCUT2D eigenvalue weighted by atomic mass is 35.5. The van der Waals surface area contributed by atoms with Gasteiger partial charge in [0.25, 0.3) is 0 Å². The smallest absolute Gasteiger partial charge is 0.358 e. The lowest BCUT2D eigenvalue weighted by molar-refractivity contribution is 0.0515. The number of hydrogen-bond acceptors (Lipinski definition) is 4. The van der Waals surface area contributed by atoms with E-state index < -0.39 is 0 Å². The Morgan fingerprint density at radius 3 is 2.84 bits per heavy atom. The van der Waals surface area contributed by atoms with E-state index in [2.05, 4.69) is 4.98 Å². The molecule has 19 heavy (non-hydrogen) atoms. The zero-order chi connectivity index (χ0) is 13.8. The van der Waals surface area contributed by atoms with Crippen LogP contribution in [0, 0.1) is 0 Å². The monoisotopic (exact) mass is 295 g/mol. The fourth-order valence-corrected chi connectivity index (χ4v) is 2.71. The molecule has 0 aliphatic rings. The molecule has 5 heteroatoms. The topological polar surface area (TPSA) is 39.2 Å². The highest BCUT2D eigenvalue weighted by Crippen LogP contribution is 2.27. The van der Waals surface area contributed by atoms with Gasteiger partial charge in [0.15, 0.2) is 5.69 Å². The summed E-state index contributed by atoms with van der Waals surface area (Å²) in [7, 11) is 0. The number of nitrogens with zero attached hydrogens (tertiary/aromatic N) is 1. The van der Waals surface area contributed by atoms with Gasteiger partial charge in [0.1, 0.15) is 0 Å². The highest BCUT2D eigenvalue weighted by Gasteiger charge is 2.16. The van der Waals surface area contributed by atoms with Gasteiger partial charge in [-0.05, 0) is 36.9 Å². The van der Waals surface area contributed by atoms with Gasteiger partial charge >= 0.3 is 5.97 Å². The van der Waals surface area contributed by atoms with Gasteiger partial charge in [-0.2, -0.15) is 0 Å². The molecule has 100 valence electrons. The maximum atomic E-state index is 11.9. The predicted octanol–water partition coefficient (Wildman–Crippen LogP) is 4.18. The third kappa shape index (κ3) is 3.19. The average Bonchev–Trinajstić information content (AvgIpc) is 2.38. The van der Waals surface area contributed by atoms with Gasteiger partial charge in [-0.3, -0.25) is 0 Å². The standard InChI is InChI=1S/C14H14ClNO2S/c1-3-18-14(17)13-12(19-4-2)8-9-7-10(15)5-6-11(9)16-13/h5-8H,3-4H2,1-2H3. The molecule has 1 aromatic carbocycles. The summed E-state index contributed by atoms with van der Waals surface area (Å²) in [5.74, 6) is 0.482. The fourth-order valence-electron chi connectivity index (χ4n) is 1.74. The van der Waals surface area contributed by atoms with E-state index in [4.69, 9.17) is 16.3 Å². The first kappa shape index (κ1) is 14.2. The lowest BCUT2D eigenvalue weighted by atomic mass is 10.2. The molecule has 0 amide bonds. The van der Waals surface area contributed by atoms with Gasteiger partial charge < -0.3 is 4.74 Å². The van der Waals surface area contributed by atoms with Crippen molar-refractivity contribution in [1.82, 2.24) is 4.98 Å². The largest absolute Gasteiger partial charge is 0.461 e. The molecular weight excluding hydrogens is 282 g/mol. The van der Waals surface area contributed by atoms with Gasteiger partial charge in [0, 0.05) is 15.3 Å². The summed E-state index contributed by atoms with van der Waals surface area (Å²) in [6, 6.07) is 7.35. The molecule has 1 heterocycles. The van der Waals surface area contributed by atoms with Gasteiger partial charge in [0.2, 0.25) is 0 Å². The van der Waals surface area contributed by atoms with Crippen LogP contribution in [0.2, 0.25) is 5.02 Å². The van der Waals surface area contributed by atoms with E-state index in [1.807, 2.05) is 19.1 Å². The van der Waals surface area contributed by atoms with Crippen LogP contribution in [0.15, 0.2) is 29.2 Å². The number of benzene rings is 1. The zero-order valence-corrected chi connectivity index (χ0v) is 12.3. The van der Waals surface area contributed by atoms with Crippen LogP contribution in [0.5, 0.6) is 0 Å². The molecule has 0 saturated carbocycles. The number of rotatable bonds is 4. The molecule has 0 radical (unpaired) electrons. The van der Waals surface area contributed by atoms with Crippen LogP contribution < -0.4 is 0 Å². The number of carbonyl (C=O) groups is 1. The molecule has 0 aliphatic carbocycles. The minimum atomic E-state index is -0.379. The van der Waals surface area contributed by atoms with Crippen LogP contribution in [0.4, 0.5) is 0 Å². The van der Waals surface area contributed by atoms with Crippen LogP contribution in [0.1, 0.15) is 24.3 Å². The summed E-state index contributed by atoms with van der Waals surface area (Å²) >= 11 is 7.54. The number of esters is 1. The molecule has 0 fully saturated rings. The SMILES string of the molecule is CCOC(=O)c1nc2ccc(Cl)cc2cc1SCC. The van der Waals surface area contributed by atoms with Crippen molar-refractivity contribution in [2.24, 2.45) is 0 Å². The van der Waals surface area contributed by atoms with Crippen molar-refractivity contribution in [3.8, 4) is 0 Å². The number of thioether (sulfide) groups is 1. The van der Waals surface area contributed by atoms with Crippen molar-refractivity contribution in [2.75, 3.05) is 12.4 Å². The number of pyridine rings is 1. The second-order valence-corrected chi connectivity index (χ2v) is 5.57. The second kappa shape index (κ2) is 6.26. The maximum absolute atomic E-state index is 11.9. The Labute approximate surface area is 121 Å². The molecule has 2 aromatic rings. The number of halogens is 1. The molecule has 0 N–H and O–H groups in total. The van der Waals surface area contributed by atoms with E-state index in [1.54, 1.807) is 30.8 Å². The first-order chi connectivity index (χ1) is 9.15. The Morgan fingerprint density at radius 1 is 1.37 bits per heavy atom. The Morgan fingerprint density at radius 2 is 2.16 bits per heavy atom. The molecule has 0 unspecified atom stereocenters. The molecule has 0 aliphatic heterocycles. The van der Waals surface area contributed by atoms with E-state index in [-0.39, 0.29) is 5.97 Å². The molecule has 3 nitrogen and oxygen atoms in total. The van der Waals surface area contributed by atoms with Crippen molar-refractivity contribution in [2.45, 2.75) is 18.7 Å². The van der Waals surface area contributed by atoms with Crippen molar-refractivity contribution in [3.05, 3.63) is 35.0 Å². The summed E-state index contributed by atoms with van der Waals surface area (Å²) < 4.78 is 5.05. The number of fused-ring (bicyclic) bond motifs is 1. The van der Waals surface area contributed by atoms with Crippen molar-refractivity contribution >= 4 is 40.2 Å². The summed E-state index contributed by atoms with van der Waals surface area (Å²) in [6.07, 6.45) is 0. The second-order valence-electron chi connectivity index (χ2n) is 3.83. The van der Waals surface area contributed by atoms with Crippen molar-refractivity contribution in [1.29, 1.82) is 0 Å². The van der Waals surface area contributed by atoms with Gasteiger partial charge in [-0.1, -0.05) is 18.5 Å². The normalized spacial score (nSPS) is 10.7. The minimum Gasteiger partial charge on any atom is -0.461 e. The molecule has 1 aromatic heterocycles. The molecule has 0 spiro atoms. The predicted molar refractivity (Wildman–Crippen MR) is 79.1 cm³/mol. The summed E-state index contributed by atoms with van der Waals surface area (Å²) in [5.41, 5.74) is 1.12. The van der Waals surface area contributed by atoms with Crippen LogP contribution in [-0.2, 0) is 4.74 Å². The molecule has 0 atom stereocenters. The first-order valence-corrected chi connectivity index (χ1v) is 7.42. The number of ether oxygens (including phenoxy) is 1. The molecule has 0 bridgehead atoms. The van der Waals surface area contributed by atoms with E-state index >= 15 is 0 Å². The first-order valence-electron chi connectivity index (χ1n) is 6.06. The number of aromatic nitrogens is 1. The van der Waals surface area contributed by atoms with E-state index in [1.165, 1.54) is 0 Å². The average molecular weight is 296 g/mol. The summed E-state index contributed by atoms with van der Waals surface area (Å²) in [6.45, 7) is 4.16. The fraction of sp³-hybridized carbons (Fsp3) is 0.286. The Balaban J connectivity index is 2.56. The van der Waals surface area contributed by atoms with E-state index in [0.29, 0.717) is 17.3 Å². The third-order valence-corrected chi connectivity index (χ3v) is 3.66. The number of hydrogen-bond donors (Lipinski definition) is 0. The summed E-state index contributed by atoms with van der Waals surface area (Å²) in [5, 5.41) is 1.59. The Kier molecular flexibility index (Phi) is 4.66. The molecule has 2 rings (SSSR count). The molecule has 0 saturated heterocycles. The zero-order valence-electron chi connectivity index (χ0n) is 10.8. The number of carbonyl (C=O) groups excluding carboxylic acids is 1. The van der Waals surface area contributed by atoms with Gasteiger partial charge in [-0.15, -0.1) is 11.8 Å². The maximum Gasteiger partial charge on any atom is 0.358 e. The lowest BCUT2D eigenvalue weighted by Gasteiger charge is -2.09. The van der Waals surface area contributed by atoms with Gasteiger partial charge in [-0.25, -0.2) is 9.78 Å². The molecular formula is C14H14ClNO2S. The van der Waals surface area contributed by atoms with Crippen molar-refractivity contribution in [3.63, 3.8) is 0 Å². The minimum absolute atomic E-state index is 0.343. The highest BCUT2D eigenvalue weighted by molar-refractivity contribution is 7.99. The Bertz CT molecular complexity index is 616. The van der Waals surface area contributed by atoms with E-state index in [9.17, 15) is 4.79 Å². The van der Waals surface area contributed by atoms with Crippen LogP contribution in [-0.4, -0.2) is 23.3 Å². The van der Waals surface area contributed by atoms with E-state index in [0.717, 1.165) is 21.6 Å². The quantitative estimate of drug-likeness (QED) is 0.627. The van der Waals surface area contributed by atoms with Gasteiger partial charge in [0.05, 0.1) is 12.1 Å². The van der Waals surface area contributed by atoms with Crippen LogP contribution >= 0.6 is 23.4 Å².